The summed E-state index contributed by atoms with van der Waals surface area (Å²) >= 11 is 0. The van der Waals surface area contributed by atoms with Crippen LogP contribution in [0.2, 0.25) is 0 Å². The Morgan fingerprint density at radius 3 is 2.44 bits per heavy atom. The van der Waals surface area contributed by atoms with E-state index >= 15 is 0 Å². The van der Waals surface area contributed by atoms with Crippen molar-refractivity contribution in [3.05, 3.63) is 67.5 Å². The van der Waals surface area contributed by atoms with Crippen LogP contribution in [0.15, 0.2) is 67.5 Å². The summed E-state index contributed by atoms with van der Waals surface area (Å²) in [5.41, 5.74) is 1.97. The number of nitrogens with zero attached hydrogens (tertiary/aromatic N) is 6. The number of para-hydroxylation sites is 1. The molecule has 0 bridgehead atoms. The molecule has 6 nitrogen and oxygen atoms in total. The van der Waals surface area contributed by atoms with Crippen LogP contribution in [0, 0.1) is 0 Å². The van der Waals surface area contributed by atoms with Crippen molar-refractivity contribution >= 4 is 16.7 Å². The smallest absolute Gasteiger partial charge is 0.162 e. The van der Waals surface area contributed by atoms with Gasteiger partial charge in [-0.1, -0.05) is 12.1 Å². The maximum atomic E-state index is 4.95. The lowest BCUT2D eigenvalue weighted by Crippen LogP contribution is -2.35. The Morgan fingerprint density at radius 2 is 1.67 bits per heavy atom. The molecule has 0 radical (unpaired) electrons. The molecule has 4 heterocycles. The van der Waals surface area contributed by atoms with E-state index in [1.165, 1.54) is 0 Å². The Hall–Kier alpha value is -3.28. The predicted octanol–water partition coefficient (Wildman–Crippen LogP) is 3.73. The summed E-state index contributed by atoms with van der Waals surface area (Å²) in [6.07, 6.45) is 11.6. The zero-order valence-corrected chi connectivity index (χ0v) is 14.9. The number of anilines is 1. The van der Waals surface area contributed by atoms with Gasteiger partial charge in [-0.25, -0.2) is 15.0 Å². The minimum atomic E-state index is 0.511. The quantitative estimate of drug-likeness (QED) is 0.560. The molecule has 0 aliphatic carbocycles. The molecule has 0 unspecified atom stereocenters. The zero-order chi connectivity index (χ0) is 18.1. The highest BCUT2D eigenvalue weighted by atomic mass is 15.2. The van der Waals surface area contributed by atoms with Crippen molar-refractivity contribution in [2.24, 2.45) is 0 Å². The number of hydrogen-bond donors (Lipinski definition) is 0. The Morgan fingerprint density at radius 1 is 0.852 bits per heavy atom. The first-order valence-electron chi connectivity index (χ1n) is 9.28. The molecule has 0 N–H and O–H groups in total. The van der Waals surface area contributed by atoms with Gasteiger partial charge >= 0.3 is 0 Å². The average molecular weight is 356 g/mol. The summed E-state index contributed by atoms with van der Waals surface area (Å²) in [6, 6.07) is 12.7. The van der Waals surface area contributed by atoms with Gasteiger partial charge in [0, 0.05) is 54.9 Å². The van der Waals surface area contributed by atoms with Crippen molar-refractivity contribution in [1.29, 1.82) is 0 Å². The predicted molar refractivity (Wildman–Crippen MR) is 105 cm³/mol. The van der Waals surface area contributed by atoms with Gasteiger partial charge in [0.05, 0.1) is 11.8 Å². The third-order valence-corrected chi connectivity index (χ3v) is 5.23. The van der Waals surface area contributed by atoms with Gasteiger partial charge < -0.3 is 9.47 Å². The summed E-state index contributed by atoms with van der Waals surface area (Å²) in [5.74, 6) is 1.78. The monoisotopic (exact) mass is 356 g/mol. The van der Waals surface area contributed by atoms with Gasteiger partial charge in [-0.2, -0.15) is 0 Å². The second-order valence-electron chi connectivity index (χ2n) is 6.85. The Kier molecular flexibility index (Phi) is 4.01. The van der Waals surface area contributed by atoms with Crippen LogP contribution >= 0.6 is 0 Å². The molecule has 1 saturated heterocycles. The summed E-state index contributed by atoms with van der Waals surface area (Å²) in [7, 11) is 0. The number of imidazole rings is 1. The summed E-state index contributed by atoms with van der Waals surface area (Å²) < 4.78 is 2.22. The molecule has 1 aliphatic heterocycles. The summed E-state index contributed by atoms with van der Waals surface area (Å²) in [6.45, 7) is 1.94. The number of aromatic nitrogens is 5. The lowest BCUT2D eigenvalue weighted by atomic mass is 10.0. The first kappa shape index (κ1) is 15.9. The van der Waals surface area contributed by atoms with Crippen LogP contribution in [0.4, 0.5) is 5.82 Å². The molecular formula is C21H20N6. The van der Waals surface area contributed by atoms with Crippen LogP contribution in [0.3, 0.4) is 0 Å². The normalized spacial score (nSPS) is 15.3. The first-order chi connectivity index (χ1) is 13.4. The molecular weight excluding hydrogens is 336 g/mol. The molecule has 0 amide bonds. The standard InChI is InChI=1S/C21H20N6/c1-2-4-19-18(3-1)21(25-20(24-19)16-5-9-22-10-6-16)26-12-7-17(8-13-26)27-14-11-23-15-27/h1-6,9-11,14-15,17H,7-8,12-13H2. The van der Waals surface area contributed by atoms with Gasteiger partial charge in [0.2, 0.25) is 0 Å². The molecule has 6 heteroatoms. The maximum absolute atomic E-state index is 4.95. The Bertz CT molecular complexity index is 1040. The molecule has 5 rings (SSSR count). The molecule has 4 aromatic rings. The topological polar surface area (TPSA) is 59.7 Å². The molecule has 27 heavy (non-hydrogen) atoms. The molecule has 1 aromatic carbocycles. The van der Waals surface area contributed by atoms with Crippen LogP contribution in [0.25, 0.3) is 22.3 Å². The van der Waals surface area contributed by atoms with Gasteiger partial charge in [0.1, 0.15) is 5.82 Å². The fourth-order valence-corrected chi connectivity index (χ4v) is 3.79. The third kappa shape index (κ3) is 3.03. The highest BCUT2D eigenvalue weighted by Crippen LogP contribution is 2.31. The van der Waals surface area contributed by atoms with Gasteiger partial charge in [-0.05, 0) is 37.1 Å². The van der Waals surface area contributed by atoms with Crippen LogP contribution in [-0.2, 0) is 0 Å². The van der Waals surface area contributed by atoms with E-state index in [1.807, 2.05) is 30.7 Å². The Balaban J connectivity index is 1.51. The van der Waals surface area contributed by atoms with E-state index in [9.17, 15) is 0 Å². The summed E-state index contributed by atoms with van der Waals surface area (Å²) in [5, 5.41) is 1.11. The molecule has 0 spiro atoms. The lowest BCUT2D eigenvalue weighted by Gasteiger charge is -2.34. The second kappa shape index (κ2) is 6.79. The Labute approximate surface area is 157 Å². The van der Waals surface area contributed by atoms with Crippen LogP contribution < -0.4 is 4.90 Å². The first-order valence-corrected chi connectivity index (χ1v) is 9.28. The van der Waals surface area contributed by atoms with Crippen molar-refractivity contribution in [2.75, 3.05) is 18.0 Å². The number of benzene rings is 1. The SMILES string of the molecule is c1ccc2c(N3CCC(n4ccnc4)CC3)nc(-c3ccncc3)nc2c1. The third-order valence-electron chi connectivity index (χ3n) is 5.23. The fourth-order valence-electron chi connectivity index (χ4n) is 3.79. The summed E-state index contributed by atoms with van der Waals surface area (Å²) in [4.78, 5) is 20.4. The fraction of sp³-hybridized carbons (Fsp3) is 0.238. The molecule has 1 fully saturated rings. The van der Waals surface area contributed by atoms with Gasteiger partial charge in [0.15, 0.2) is 5.82 Å². The lowest BCUT2D eigenvalue weighted by molar-refractivity contribution is 0.395. The number of fused-ring (bicyclic) bond motifs is 1. The van der Waals surface area contributed by atoms with Gasteiger partial charge in [-0.3, -0.25) is 4.98 Å². The van der Waals surface area contributed by atoms with E-state index in [0.29, 0.717) is 6.04 Å². The number of hydrogen-bond acceptors (Lipinski definition) is 5. The van der Waals surface area contributed by atoms with Crippen molar-refractivity contribution in [3.63, 3.8) is 0 Å². The largest absolute Gasteiger partial charge is 0.356 e. The van der Waals surface area contributed by atoms with E-state index in [4.69, 9.17) is 9.97 Å². The van der Waals surface area contributed by atoms with Gasteiger partial charge in [-0.15, -0.1) is 0 Å². The molecule has 0 saturated carbocycles. The molecule has 134 valence electrons. The van der Waals surface area contributed by atoms with Crippen LogP contribution in [0.5, 0.6) is 0 Å². The van der Waals surface area contributed by atoms with Crippen LogP contribution in [0.1, 0.15) is 18.9 Å². The van der Waals surface area contributed by atoms with Crippen molar-refractivity contribution < 1.29 is 0 Å². The van der Waals surface area contributed by atoms with Crippen molar-refractivity contribution in [2.45, 2.75) is 18.9 Å². The van der Waals surface area contributed by atoms with Crippen LogP contribution in [-0.4, -0.2) is 37.6 Å². The minimum absolute atomic E-state index is 0.511. The molecule has 3 aromatic heterocycles. The minimum Gasteiger partial charge on any atom is -0.356 e. The van der Waals surface area contributed by atoms with E-state index < -0.39 is 0 Å². The van der Waals surface area contributed by atoms with Gasteiger partial charge in [0.25, 0.3) is 0 Å². The average Bonchev–Trinajstić information content (AvgIpc) is 3.29. The molecule has 0 atom stereocenters. The highest BCUT2D eigenvalue weighted by Gasteiger charge is 2.23. The molecule has 1 aliphatic rings. The highest BCUT2D eigenvalue weighted by molar-refractivity contribution is 5.91. The number of pyridine rings is 1. The van der Waals surface area contributed by atoms with E-state index in [0.717, 1.165) is 54.0 Å². The van der Waals surface area contributed by atoms with E-state index in [1.54, 1.807) is 12.4 Å². The zero-order valence-electron chi connectivity index (χ0n) is 14.9. The second-order valence-corrected chi connectivity index (χ2v) is 6.85. The number of piperidine rings is 1. The van der Waals surface area contributed by atoms with E-state index in [-0.39, 0.29) is 0 Å². The van der Waals surface area contributed by atoms with Crippen molar-refractivity contribution in [3.8, 4) is 11.4 Å². The van der Waals surface area contributed by atoms with Crippen molar-refractivity contribution in [1.82, 2.24) is 24.5 Å². The number of rotatable bonds is 3. The maximum Gasteiger partial charge on any atom is 0.162 e. The van der Waals surface area contributed by atoms with E-state index in [2.05, 4.69) is 43.8 Å².